The van der Waals surface area contributed by atoms with E-state index in [4.69, 9.17) is 0 Å². The number of likely N-dealkylation sites (N-methyl/N-ethyl adjacent to an activating group) is 1. The number of nitrogens with one attached hydrogen (secondary N) is 1. The summed E-state index contributed by atoms with van der Waals surface area (Å²) in [4.78, 5) is 20.5. The maximum absolute atomic E-state index is 11.8. The van der Waals surface area contributed by atoms with E-state index in [1.807, 2.05) is 37.2 Å². The van der Waals surface area contributed by atoms with Gasteiger partial charge in [0.05, 0.1) is 6.54 Å². The number of carbonyl (C=O) groups is 1. The summed E-state index contributed by atoms with van der Waals surface area (Å²) < 4.78 is 0. The number of hydrogen-bond donors (Lipinski definition) is 1. The molecule has 0 saturated carbocycles. The zero-order valence-corrected chi connectivity index (χ0v) is 12.4. The normalized spacial score (nSPS) is 16.1. The molecule has 0 spiro atoms. The van der Waals surface area contributed by atoms with Gasteiger partial charge in [-0.05, 0) is 39.1 Å². The van der Waals surface area contributed by atoms with Gasteiger partial charge >= 0.3 is 0 Å². The molecule has 1 aliphatic rings. The lowest BCUT2D eigenvalue weighted by Gasteiger charge is -2.21. The molecule has 0 bridgehead atoms. The number of pyridine rings is 1. The predicted octanol–water partition coefficient (Wildman–Crippen LogP) is 1.96. The van der Waals surface area contributed by atoms with E-state index in [1.165, 1.54) is 25.7 Å². The van der Waals surface area contributed by atoms with E-state index in [2.05, 4.69) is 15.2 Å². The molecule has 1 N–H and O–H groups in total. The minimum atomic E-state index is -0.0319. The molecule has 1 aliphatic heterocycles. The van der Waals surface area contributed by atoms with Crippen molar-refractivity contribution in [2.75, 3.05) is 43.9 Å². The van der Waals surface area contributed by atoms with Crippen LogP contribution < -0.4 is 10.2 Å². The molecule has 1 aromatic heterocycles. The number of nitrogens with zero attached hydrogens (tertiary/aromatic N) is 3. The Hall–Kier alpha value is -1.62. The summed E-state index contributed by atoms with van der Waals surface area (Å²) in [5, 5.41) is 2.85. The fourth-order valence-corrected chi connectivity index (χ4v) is 2.44. The Bertz CT molecular complexity index is 439. The lowest BCUT2D eigenvalue weighted by Crippen LogP contribution is -2.28. The molecule has 0 unspecified atom stereocenters. The minimum absolute atomic E-state index is 0.0319. The largest absolute Gasteiger partial charge is 0.357 e. The Balaban J connectivity index is 2.01. The van der Waals surface area contributed by atoms with Gasteiger partial charge in [-0.15, -0.1) is 0 Å². The molecule has 0 radical (unpaired) electrons. The highest BCUT2D eigenvalue weighted by Crippen LogP contribution is 2.19. The molecule has 1 amide bonds. The average Bonchev–Trinajstić information content (AvgIpc) is 2.66. The van der Waals surface area contributed by atoms with Crippen molar-refractivity contribution in [3.8, 4) is 0 Å². The van der Waals surface area contributed by atoms with Gasteiger partial charge in [0.2, 0.25) is 5.91 Å². The Morgan fingerprint density at radius 3 is 2.60 bits per heavy atom. The van der Waals surface area contributed by atoms with E-state index in [0.717, 1.165) is 18.9 Å². The zero-order valence-electron chi connectivity index (χ0n) is 12.4. The molecule has 0 aromatic carbocycles. The number of aromatic nitrogens is 1. The number of anilines is 2. The molecule has 0 aliphatic carbocycles. The van der Waals surface area contributed by atoms with Gasteiger partial charge in [0.25, 0.3) is 0 Å². The smallest absolute Gasteiger partial charge is 0.239 e. The van der Waals surface area contributed by atoms with Gasteiger partial charge in [-0.3, -0.25) is 4.79 Å². The first-order valence-corrected chi connectivity index (χ1v) is 7.32. The van der Waals surface area contributed by atoms with Crippen LogP contribution in [-0.4, -0.2) is 49.5 Å². The summed E-state index contributed by atoms with van der Waals surface area (Å²) >= 11 is 0. The first-order chi connectivity index (χ1) is 9.65. The van der Waals surface area contributed by atoms with Crippen LogP contribution in [0.1, 0.15) is 25.7 Å². The third-order valence-electron chi connectivity index (χ3n) is 3.39. The Morgan fingerprint density at radius 2 is 1.95 bits per heavy atom. The maximum Gasteiger partial charge on any atom is 0.239 e. The van der Waals surface area contributed by atoms with Crippen LogP contribution in [0.2, 0.25) is 0 Å². The van der Waals surface area contributed by atoms with Crippen LogP contribution in [0, 0.1) is 0 Å². The van der Waals surface area contributed by atoms with Gasteiger partial charge in [-0.25, -0.2) is 4.98 Å². The molecule has 1 aromatic rings. The third-order valence-corrected chi connectivity index (χ3v) is 3.39. The van der Waals surface area contributed by atoms with Crippen LogP contribution in [0.3, 0.4) is 0 Å². The molecule has 2 rings (SSSR count). The average molecular weight is 276 g/mol. The second-order valence-corrected chi connectivity index (χ2v) is 5.57. The molecule has 2 heterocycles. The van der Waals surface area contributed by atoms with Gasteiger partial charge < -0.3 is 15.1 Å². The summed E-state index contributed by atoms with van der Waals surface area (Å²) in [5.41, 5.74) is 0. The number of amides is 1. The van der Waals surface area contributed by atoms with E-state index in [0.29, 0.717) is 12.4 Å². The molecule has 20 heavy (non-hydrogen) atoms. The van der Waals surface area contributed by atoms with Crippen molar-refractivity contribution in [3.05, 3.63) is 18.2 Å². The quantitative estimate of drug-likeness (QED) is 0.913. The summed E-state index contributed by atoms with van der Waals surface area (Å²) in [7, 11) is 3.75. The number of carbonyl (C=O) groups excluding carboxylic acids is 1. The molecule has 110 valence electrons. The van der Waals surface area contributed by atoms with Crippen LogP contribution >= 0.6 is 0 Å². The van der Waals surface area contributed by atoms with Crippen molar-refractivity contribution in [1.29, 1.82) is 0 Å². The first-order valence-electron chi connectivity index (χ1n) is 7.32. The molecular weight excluding hydrogens is 252 g/mol. The Kier molecular flexibility index (Phi) is 5.35. The van der Waals surface area contributed by atoms with Crippen molar-refractivity contribution in [1.82, 2.24) is 9.88 Å². The van der Waals surface area contributed by atoms with Crippen LogP contribution in [0.4, 0.5) is 11.6 Å². The summed E-state index contributed by atoms with van der Waals surface area (Å²) in [6, 6.07) is 5.82. The Labute approximate surface area is 121 Å². The molecular formula is C15H24N4O. The van der Waals surface area contributed by atoms with Gasteiger partial charge in [0.1, 0.15) is 11.6 Å². The number of rotatable bonds is 4. The fraction of sp³-hybridized carbons (Fsp3) is 0.600. The lowest BCUT2D eigenvalue weighted by molar-refractivity contribution is -0.116. The molecule has 5 nitrogen and oxygen atoms in total. The monoisotopic (exact) mass is 276 g/mol. The highest BCUT2D eigenvalue weighted by molar-refractivity contribution is 5.91. The summed E-state index contributed by atoms with van der Waals surface area (Å²) in [5.74, 6) is 1.57. The van der Waals surface area contributed by atoms with Gasteiger partial charge in [0.15, 0.2) is 0 Å². The number of hydrogen-bond acceptors (Lipinski definition) is 4. The zero-order chi connectivity index (χ0) is 14.4. The van der Waals surface area contributed by atoms with E-state index >= 15 is 0 Å². The highest BCUT2D eigenvalue weighted by Gasteiger charge is 2.12. The van der Waals surface area contributed by atoms with Gasteiger partial charge in [0, 0.05) is 13.1 Å². The molecule has 1 fully saturated rings. The standard InChI is InChI=1S/C15H24N4O/c1-18(2)12-15(20)17-13-8-7-9-14(16-13)19-10-5-3-4-6-11-19/h7-9H,3-6,10-12H2,1-2H3,(H,16,17,20). The molecule has 0 atom stereocenters. The van der Waals surface area contributed by atoms with Crippen molar-refractivity contribution in [3.63, 3.8) is 0 Å². The van der Waals surface area contributed by atoms with E-state index in [-0.39, 0.29) is 5.91 Å². The van der Waals surface area contributed by atoms with Crippen LogP contribution in [0.5, 0.6) is 0 Å². The van der Waals surface area contributed by atoms with Crippen molar-refractivity contribution in [2.45, 2.75) is 25.7 Å². The topological polar surface area (TPSA) is 48.5 Å². The van der Waals surface area contributed by atoms with E-state index in [1.54, 1.807) is 0 Å². The third kappa shape index (κ3) is 4.49. The molecule has 1 saturated heterocycles. The second-order valence-electron chi connectivity index (χ2n) is 5.57. The van der Waals surface area contributed by atoms with Crippen LogP contribution in [0.25, 0.3) is 0 Å². The maximum atomic E-state index is 11.8. The van der Waals surface area contributed by atoms with Gasteiger partial charge in [-0.2, -0.15) is 0 Å². The van der Waals surface area contributed by atoms with Crippen LogP contribution in [-0.2, 0) is 4.79 Å². The van der Waals surface area contributed by atoms with Gasteiger partial charge in [-0.1, -0.05) is 18.9 Å². The second kappa shape index (κ2) is 7.24. The minimum Gasteiger partial charge on any atom is -0.357 e. The highest BCUT2D eigenvalue weighted by atomic mass is 16.2. The summed E-state index contributed by atoms with van der Waals surface area (Å²) in [6.07, 6.45) is 5.04. The first kappa shape index (κ1) is 14.8. The van der Waals surface area contributed by atoms with Crippen molar-refractivity contribution >= 4 is 17.5 Å². The van der Waals surface area contributed by atoms with Crippen LogP contribution in [0.15, 0.2) is 18.2 Å². The van der Waals surface area contributed by atoms with Crippen molar-refractivity contribution < 1.29 is 4.79 Å². The van der Waals surface area contributed by atoms with E-state index in [9.17, 15) is 4.79 Å². The Morgan fingerprint density at radius 1 is 1.25 bits per heavy atom. The van der Waals surface area contributed by atoms with E-state index < -0.39 is 0 Å². The summed E-state index contributed by atoms with van der Waals surface area (Å²) in [6.45, 7) is 2.49. The fourth-order valence-electron chi connectivity index (χ4n) is 2.44. The van der Waals surface area contributed by atoms with Crippen molar-refractivity contribution in [2.24, 2.45) is 0 Å². The lowest BCUT2D eigenvalue weighted by atomic mass is 10.2. The SMILES string of the molecule is CN(C)CC(=O)Nc1cccc(N2CCCCCC2)n1. The molecule has 5 heteroatoms. The predicted molar refractivity (Wildman–Crippen MR) is 82.1 cm³/mol.